The van der Waals surface area contributed by atoms with Crippen molar-refractivity contribution in [2.45, 2.75) is 44.8 Å². The molecule has 1 saturated heterocycles. The van der Waals surface area contributed by atoms with E-state index in [0.717, 1.165) is 53.0 Å². The van der Waals surface area contributed by atoms with Crippen LogP contribution in [0.3, 0.4) is 0 Å². The van der Waals surface area contributed by atoms with Gasteiger partial charge in [0.2, 0.25) is 0 Å². The van der Waals surface area contributed by atoms with Gasteiger partial charge in [0.25, 0.3) is 5.56 Å². The minimum atomic E-state index is -0.0178. The van der Waals surface area contributed by atoms with Crippen LogP contribution in [0, 0.1) is 0 Å². The number of nitrogens with zero attached hydrogens (tertiary/aromatic N) is 5. The fourth-order valence-corrected chi connectivity index (χ4v) is 5.23. The van der Waals surface area contributed by atoms with E-state index in [1.54, 1.807) is 0 Å². The standard InChI is InChI=1S/C24H27N7O2/c1-3-15-9-17-18(28-24(15)32)8-14(11-26-17)13-30-6-7-31(20-5-4-19(20)30)16-10-21-22(27-12-16)23(25-2)29-33-21/h8-12,19-20H,3-7,13H2,1-2H3,(H,25,29)(H,28,32)/t19?,20-/m1/s1. The Labute approximate surface area is 190 Å². The molecule has 0 spiro atoms. The lowest BCUT2D eigenvalue weighted by atomic mass is 9.81. The molecule has 33 heavy (non-hydrogen) atoms. The van der Waals surface area contributed by atoms with E-state index in [0.29, 0.717) is 29.9 Å². The summed E-state index contributed by atoms with van der Waals surface area (Å²) in [5.74, 6) is 0.666. The highest BCUT2D eigenvalue weighted by Crippen LogP contribution is 2.38. The second-order valence-electron chi connectivity index (χ2n) is 8.95. The van der Waals surface area contributed by atoms with E-state index in [4.69, 9.17) is 4.52 Å². The van der Waals surface area contributed by atoms with E-state index in [1.165, 1.54) is 12.8 Å². The molecule has 170 valence electrons. The van der Waals surface area contributed by atoms with Gasteiger partial charge >= 0.3 is 0 Å². The Kier molecular flexibility index (Phi) is 4.79. The van der Waals surface area contributed by atoms with E-state index in [2.05, 4.69) is 47.4 Å². The SMILES string of the molecule is CCc1cc2ncc(CN3CCN(c4cnc5c(NC)noc5c4)[C@@H]4CCC43)cc2[nH]c1=O. The van der Waals surface area contributed by atoms with Crippen molar-refractivity contribution < 1.29 is 4.52 Å². The van der Waals surface area contributed by atoms with E-state index < -0.39 is 0 Å². The third-order valence-corrected chi connectivity index (χ3v) is 7.16. The molecule has 1 unspecified atom stereocenters. The smallest absolute Gasteiger partial charge is 0.251 e. The van der Waals surface area contributed by atoms with Crippen molar-refractivity contribution in [2.24, 2.45) is 0 Å². The van der Waals surface area contributed by atoms with Crippen molar-refractivity contribution in [3.8, 4) is 0 Å². The number of hydrogen-bond donors (Lipinski definition) is 2. The molecule has 0 bridgehead atoms. The molecule has 0 aromatic carbocycles. The maximum Gasteiger partial charge on any atom is 0.251 e. The number of hydrogen-bond acceptors (Lipinski definition) is 8. The van der Waals surface area contributed by atoms with Crippen LogP contribution in [0.5, 0.6) is 0 Å². The maximum absolute atomic E-state index is 12.2. The zero-order valence-electron chi connectivity index (χ0n) is 18.8. The van der Waals surface area contributed by atoms with Crippen LogP contribution < -0.4 is 15.8 Å². The minimum absolute atomic E-state index is 0.0178. The molecule has 0 amide bonds. The van der Waals surface area contributed by atoms with Crippen LogP contribution >= 0.6 is 0 Å². The van der Waals surface area contributed by atoms with Crippen molar-refractivity contribution in [1.29, 1.82) is 0 Å². The fraction of sp³-hybridized carbons (Fsp3) is 0.417. The summed E-state index contributed by atoms with van der Waals surface area (Å²) in [7, 11) is 1.82. The Morgan fingerprint density at radius 1 is 1.15 bits per heavy atom. The molecule has 2 fully saturated rings. The van der Waals surface area contributed by atoms with Crippen LogP contribution in [0.4, 0.5) is 11.5 Å². The Hall–Kier alpha value is -3.46. The van der Waals surface area contributed by atoms with E-state index in [-0.39, 0.29) is 5.56 Å². The van der Waals surface area contributed by atoms with Gasteiger partial charge in [-0.1, -0.05) is 12.1 Å². The molecule has 2 atom stereocenters. The van der Waals surface area contributed by atoms with Crippen LogP contribution in [-0.2, 0) is 13.0 Å². The van der Waals surface area contributed by atoms with Crippen molar-refractivity contribution in [2.75, 3.05) is 30.4 Å². The lowest BCUT2D eigenvalue weighted by molar-refractivity contribution is 0.0659. The molecule has 4 aromatic heterocycles. The lowest BCUT2D eigenvalue weighted by Gasteiger charge is -2.54. The summed E-state index contributed by atoms with van der Waals surface area (Å²) in [6, 6.07) is 6.98. The summed E-state index contributed by atoms with van der Waals surface area (Å²) >= 11 is 0. The first kappa shape index (κ1) is 20.2. The number of aromatic amines is 1. The zero-order chi connectivity index (χ0) is 22.5. The van der Waals surface area contributed by atoms with Crippen molar-refractivity contribution in [3.63, 3.8) is 0 Å². The highest BCUT2D eigenvalue weighted by molar-refractivity contribution is 5.86. The molecular weight excluding hydrogens is 418 g/mol. The molecule has 1 aliphatic carbocycles. The number of piperazine rings is 1. The highest BCUT2D eigenvalue weighted by Gasteiger charge is 2.43. The number of nitrogens with one attached hydrogen (secondary N) is 2. The number of aromatic nitrogens is 4. The minimum Gasteiger partial charge on any atom is -0.369 e. The Morgan fingerprint density at radius 3 is 2.82 bits per heavy atom. The summed E-state index contributed by atoms with van der Waals surface area (Å²) in [6.07, 6.45) is 6.93. The third-order valence-electron chi connectivity index (χ3n) is 7.16. The van der Waals surface area contributed by atoms with Crippen molar-refractivity contribution in [3.05, 3.63) is 52.1 Å². The predicted molar refractivity (Wildman–Crippen MR) is 128 cm³/mol. The van der Waals surface area contributed by atoms with Gasteiger partial charge in [0.15, 0.2) is 16.9 Å². The highest BCUT2D eigenvalue weighted by atomic mass is 16.5. The molecule has 2 aliphatic rings. The number of fused-ring (bicyclic) bond motifs is 3. The van der Waals surface area contributed by atoms with Crippen LogP contribution in [0.25, 0.3) is 22.1 Å². The summed E-state index contributed by atoms with van der Waals surface area (Å²) in [4.78, 5) is 29.4. The molecule has 6 rings (SSSR count). The molecule has 1 saturated carbocycles. The Balaban J connectivity index is 1.21. The second-order valence-corrected chi connectivity index (χ2v) is 8.95. The molecule has 0 radical (unpaired) electrons. The van der Waals surface area contributed by atoms with Crippen LogP contribution in [-0.4, -0.2) is 57.2 Å². The summed E-state index contributed by atoms with van der Waals surface area (Å²) < 4.78 is 5.47. The molecular formula is C24H27N7O2. The summed E-state index contributed by atoms with van der Waals surface area (Å²) in [5.41, 5.74) is 6.10. The van der Waals surface area contributed by atoms with Gasteiger partial charge in [0.1, 0.15) is 0 Å². The molecule has 4 aromatic rings. The second kappa shape index (κ2) is 7.84. The van der Waals surface area contributed by atoms with Gasteiger partial charge in [-0.3, -0.25) is 14.7 Å². The molecule has 5 heterocycles. The van der Waals surface area contributed by atoms with E-state index in [1.807, 2.05) is 32.4 Å². The van der Waals surface area contributed by atoms with Crippen molar-refractivity contribution >= 4 is 33.6 Å². The number of H-pyrrole nitrogens is 1. The van der Waals surface area contributed by atoms with Gasteiger partial charge in [0.05, 0.1) is 22.9 Å². The largest absolute Gasteiger partial charge is 0.369 e. The van der Waals surface area contributed by atoms with Gasteiger partial charge < -0.3 is 19.7 Å². The van der Waals surface area contributed by atoms with Crippen LogP contribution in [0.15, 0.2) is 39.9 Å². The molecule has 2 N–H and O–H groups in total. The Morgan fingerprint density at radius 2 is 2.03 bits per heavy atom. The predicted octanol–water partition coefficient (Wildman–Crippen LogP) is 2.92. The quantitative estimate of drug-likeness (QED) is 0.483. The van der Waals surface area contributed by atoms with Gasteiger partial charge in [-0.2, -0.15) is 0 Å². The number of anilines is 2. The maximum atomic E-state index is 12.2. The lowest BCUT2D eigenvalue weighted by Crippen LogP contribution is -2.64. The van der Waals surface area contributed by atoms with Gasteiger partial charge in [-0.05, 0) is 37.0 Å². The molecule has 1 aliphatic heterocycles. The monoisotopic (exact) mass is 445 g/mol. The molecule has 9 heteroatoms. The fourth-order valence-electron chi connectivity index (χ4n) is 5.23. The van der Waals surface area contributed by atoms with Crippen LogP contribution in [0.2, 0.25) is 0 Å². The first-order valence-corrected chi connectivity index (χ1v) is 11.6. The number of pyridine rings is 3. The van der Waals surface area contributed by atoms with Crippen LogP contribution in [0.1, 0.15) is 30.9 Å². The van der Waals surface area contributed by atoms with Gasteiger partial charge in [0, 0.05) is 56.6 Å². The number of aryl methyl sites for hydroxylation is 1. The molecule has 9 nitrogen and oxygen atoms in total. The van der Waals surface area contributed by atoms with E-state index in [9.17, 15) is 4.79 Å². The third kappa shape index (κ3) is 3.34. The van der Waals surface area contributed by atoms with Crippen molar-refractivity contribution in [1.82, 2.24) is 25.0 Å². The van der Waals surface area contributed by atoms with Gasteiger partial charge in [-0.15, -0.1) is 0 Å². The first-order valence-electron chi connectivity index (χ1n) is 11.6. The normalized spacial score (nSPS) is 20.7. The first-order chi connectivity index (χ1) is 16.1. The number of rotatable bonds is 5. The summed E-state index contributed by atoms with van der Waals surface area (Å²) in [5, 5.41) is 7.05. The average Bonchev–Trinajstić information content (AvgIpc) is 3.22. The van der Waals surface area contributed by atoms with E-state index >= 15 is 0 Å². The summed E-state index contributed by atoms with van der Waals surface area (Å²) in [6.45, 7) is 4.71. The Bertz CT molecular complexity index is 1390. The average molecular weight is 446 g/mol. The zero-order valence-corrected chi connectivity index (χ0v) is 18.8. The van der Waals surface area contributed by atoms with Gasteiger partial charge in [-0.25, -0.2) is 4.98 Å². The topological polar surface area (TPSA) is 103 Å².